The molecule has 0 unspecified atom stereocenters. The van der Waals surface area contributed by atoms with E-state index in [1.807, 2.05) is 0 Å². The number of nitrogens with zero attached hydrogens (tertiary/aromatic N) is 3. The second kappa shape index (κ2) is 5.17. The summed E-state index contributed by atoms with van der Waals surface area (Å²) in [6.07, 6.45) is 4.54. The first kappa shape index (κ1) is 9.36. The van der Waals surface area contributed by atoms with Gasteiger partial charge in [0.25, 0.3) is 0 Å². The summed E-state index contributed by atoms with van der Waals surface area (Å²) in [5, 5.41) is 4.94. The monoisotopic (exact) mass is 149 g/mol. The van der Waals surface area contributed by atoms with Crippen LogP contribution >= 0.6 is 0 Å². The van der Waals surface area contributed by atoms with Crippen LogP contribution in [0.25, 0.3) is 0 Å². The zero-order valence-electron chi connectivity index (χ0n) is 6.40. The lowest BCUT2D eigenvalue weighted by atomic mass is 10.6. The van der Waals surface area contributed by atoms with Crippen LogP contribution in [-0.4, -0.2) is 17.9 Å². The molecular formula is C8H11N3. The van der Waals surface area contributed by atoms with Crippen molar-refractivity contribution in [3.63, 3.8) is 0 Å². The van der Waals surface area contributed by atoms with Crippen LogP contribution in [-0.2, 0) is 0 Å². The van der Waals surface area contributed by atoms with Crippen LogP contribution < -0.4 is 0 Å². The number of hydrogen-bond acceptors (Lipinski definition) is 3. The van der Waals surface area contributed by atoms with Crippen LogP contribution in [0.4, 0.5) is 0 Å². The molecule has 0 N–H and O–H groups in total. The third-order valence-electron chi connectivity index (χ3n) is 0.919. The standard InChI is InChI=1S/C8H11N3/c1-5-7-10-8(3)11(6-2)9-4/h5-7H,1-4H2/b10-7-. The fraction of sp³-hybridized carbons (Fsp3) is 0. The van der Waals surface area contributed by atoms with E-state index in [4.69, 9.17) is 0 Å². The molecule has 0 bridgehead atoms. The molecule has 0 radical (unpaired) electrons. The molecule has 0 aromatic heterocycles. The van der Waals surface area contributed by atoms with Gasteiger partial charge in [-0.15, -0.1) is 0 Å². The highest BCUT2D eigenvalue weighted by Gasteiger charge is 1.94. The van der Waals surface area contributed by atoms with Crippen molar-refractivity contribution >= 4 is 12.9 Å². The molecule has 0 amide bonds. The Hall–Kier alpha value is -1.64. The molecule has 3 nitrogen and oxygen atoms in total. The molecular weight excluding hydrogens is 138 g/mol. The van der Waals surface area contributed by atoms with Gasteiger partial charge >= 0.3 is 0 Å². The van der Waals surface area contributed by atoms with E-state index in [2.05, 4.69) is 36.5 Å². The van der Waals surface area contributed by atoms with Gasteiger partial charge in [-0.05, 0) is 0 Å². The Bertz CT molecular complexity index is 195. The Balaban J connectivity index is 4.20. The molecule has 58 valence electrons. The lowest BCUT2D eigenvalue weighted by Crippen LogP contribution is -2.04. The molecule has 0 heterocycles. The maximum Gasteiger partial charge on any atom is 0.146 e. The third kappa shape index (κ3) is 3.15. The van der Waals surface area contributed by atoms with Gasteiger partial charge in [0, 0.05) is 19.1 Å². The first-order valence-corrected chi connectivity index (χ1v) is 2.98. The SMILES string of the molecule is C=C/C=N\C(=C)N(C=C)N=C. The van der Waals surface area contributed by atoms with Crippen LogP contribution in [0.3, 0.4) is 0 Å². The largest absolute Gasteiger partial charge is 0.238 e. The van der Waals surface area contributed by atoms with E-state index in [0.717, 1.165) is 0 Å². The molecule has 0 rings (SSSR count). The summed E-state index contributed by atoms with van der Waals surface area (Å²) in [5.74, 6) is 0.454. The Morgan fingerprint density at radius 1 is 1.36 bits per heavy atom. The van der Waals surface area contributed by atoms with E-state index in [9.17, 15) is 0 Å². The van der Waals surface area contributed by atoms with Crippen molar-refractivity contribution in [2.45, 2.75) is 0 Å². The average Bonchev–Trinajstić information content (AvgIpc) is 2.03. The van der Waals surface area contributed by atoms with Gasteiger partial charge in [-0.2, -0.15) is 5.10 Å². The van der Waals surface area contributed by atoms with Crippen LogP contribution in [0.2, 0.25) is 0 Å². The Morgan fingerprint density at radius 2 is 2.00 bits per heavy atom. The predicted octanol–water partition coefficient (Wildman–Crippen LogP) is 1.78. The highest BCUT2D eigenvalue weighted by Crippen LogP contribution is 2.01. The number of aliphatic imine (C=N–C) groups is 1. The second-order valence-electron chi connectivity index (χ2n) is 1.60. The van der Waals surface area contributed by atoms with Crippen molar-refractivity contribution in [1.82, 2.24) is 5.01 Å². The minimum Gasteiger partial charge on any atom is -0.238 e. The summed E-state index contributed by atoms with van der Waals surface area (Å²) in [7, 11) is 0. The lowest BCUT2D eigenvalue weighted by molar-refractivity contribution is 0.502. The van der Waals surface area contributed by atoms with Gasteiger partial charge in [-0.3, -0.25) is 0 Å². The third-order valence-corrected chi connectivity index (χ3v) is 0.919. The number of hydrazone groups is 1. The van der Waals surface area contributed by atoms with Gasteiger partial charge in [0.05, 0.1) is 0 Å². The molecule has 0 spiro atoms. The van der Waals surface area contributed by atoms with Crippen LogP contribution in [0, 0.1) is 0 Å². The number of hydrogen-bond donors (Lipinski definition) is 0. The summed E-state index contributed by atoms with van der Waals surface area (Å²) >= 11 is 0. The smallest absolute Gasteiger partial charge is 0.146 e. The lowest BCUT2D eigenvalue weighted by Gasteiger charge is -2.10. The molecule has 0 saturated heterocycles. The van der Waals surface area contributed by atoms with Crippen molar-refractivity contribution in [2.24, 2.45) is 10.1 Å². The van der Waals surface area contributed by atoms with Gasteiger partial charge in [-0.1, -0.05) is 25.8 Å². The fourth-order valence-electron chi connectivity index (χ4n) is 0.443. The minimum atomic E-state index is 0.454. The van der Waals surface area contributed by atoms with E-state index < -0.39 is 0 Å². The van der Waals surface area contributed by atoms with Gasteiger partial charge in [0.15, 0.2) is 0 Å². The second-order valence-corrected chi connectivity index (χ2v) is 1.60. The predicted molar refractivity (Wildman–Crippen MR) is 49.4 cm³/mol. The van der Waals surface area contributed by atoms with Crippen LogP contribution in [0.1, 0.15) is 0 Å². The van der Waals surface area contributed by atoms with E-state index >= 15 is 0 Å². The molecule has 0 aliphatic rings. The van der Waals surface area contributed by atoms with E-state index in [1.165, 1.54) is 17.4 Å². The molecule has 0 saturated carbocycles. The highest BCUT2D eigenvalue weighted by molar-refractivity contribution is 5.71. The van der Waals surface area contributed by atoms with Gasteiger partial charge in [0.2, 0.25) is 0 Å². The molecule has 0 aromatic carbocycles. The fourth-order valence-corrected chi connectivity index (χ4v) is 0.443. The summed E-state index contributed by atoms with van der Waals surface area (Å²) in [6.45, 7) is 13.9. The molecule has 0 aliphatic heterocycles. The molecule has 0 fully saturated rings. The maximum absolute atomic E-state index is 3.87. The topological polar surface area (TPSA) is 28.0 Å². The summed E-state index contributed by atoms with van der Waals surface area (Å²) in [4.78, 5) is 3.87. The normalized spacial score (nSPS) is 9.09. The van der Waals surface area contributed by atoms with Crippen molar-refractivity contribution < 1.29 is 0 Å². The molecule has 11 heavy (non-hydrogen) atoms. The Labute approximate surface area is 66.7 Å². The van der Waals surface area contributed by atoms with E-state index in [-0.39, 0.29) is 0 Å². The highest BCUT2D eigenvalue weighted by atomic mass is 15.5. The van der Waals surface area contributed by atoms with Gasteiger partial charge < -0.3 is 0 Å². The summed E-state index contributed by atoms with van der Waals surface area (Å²) < 4.78 is 0. The van der Waals surface area contributed by atoms with Crippen LogP contribution in [0.5, 0.6) is 0 Å². The van der Waals surface area contributed by atoms with E-state index in [1.54, 1.807) is 6.08 Å². The Morgan fingerprint density at radius 3 is 2.36 bits per heavy atom. The molecule has 3 heteroatoms. The molecule has 0 aromatic rings. The van der Waals surface area contributed by atoms with Crippen molar-refractivity contribution in [1.29, 1.82) is 0 Å². The summed E-state index contributed by atoms with van der Waals surface area (Å²) in [5.41, 5.74) is 0. The maximum atomic E-state index is 3.87. The van der Waals surface area contributed by atoms with Gasteiger partial charge in [0.1, 0.15) is 5.82 Å². The minimum absolute atomic E-state index is 0.454. The van der Waals surface area contributed by atoms with Crippen molar-refractivity contribution in [3.05, 3.63) is 37.8 Å². The van der Waals surface area contributed by atoms with Crippen LogP contribution in [0.15, 0.2) is 47.9 Å². The Kier molecular flexibility index (Phi) is 4.40. The molecule has 0 aliphatic carbocycles. The number of rotatable bonds is 5. The first-order chi connectivity index (χ1) is 5.26. The zero-order chi connectivity index (χ0) is 8.69. The van der Waals surface area contributed by atoms with Crippen molar-refractivity contribution in [2.75, 3.05) is 0 Å². The summed E-state index contributed by atoms with van der Waals surface area (Å²) in [6, 6.07) is 0. The average molecular weight is 149 g/mol. The van der Waals surface area contributed by atoms with Gasteiger partial charge in [-0.25, -0.2) is 10.0 Å². The zero-order valence-corrected chi connectivity index (χ0v) is 6.40. The van der Waals surface area contributed by atoms with Crippen molar-refractivity contribution in [3.8, 4) is 0 Å². The molecule has 0 atom stereocenters. The quantitative estimate of drug-likeness (QED) is 0.432. The number of allylic oxidation sites excluding steroid dienone is 1. The van der Waals surface area contributed by atoms with E-state index in [0.29, 0.717) is 5.82 Å². The first-order valence-electron chi connectivity index (χ1n) is 2.98.